The Hall–Kier alpha value is -3.64. The lowest BCUT2D eigenvalue weighted by Gasteiger charge is -2.45. The van der Waals surface area contributed by atoms with Gasteiger partial charge in [0.15, 0.2) is 17.4 Å². The van der Waals surface area contributed by atoms with Crippen LogP contribution in [0.2, 0.25) is 0 Å². The molecule has 1 fully saturated rings. The number of nitrogens with zero attached hydrogens (tertiary/aromatic N) is 1. The van der Waals surface area contributed by atoms with Crippen molar-refractivity contribution in [3.63, 3.8) is 0 Å². The number of allylic oxidation sites excluding steroid dienone is 2. The van der Waals surface area contributed by atoms with Gasteiger partial charge in [-0.05, 0) is 99.2 Å². The molecule has 0 aromatic heterocycles. The fraction of sp³-hybridized carbons (Fsp3) is 0.462. The van der Waals surface area contributed by atoms with Gasteiger partial charge < -0.3 is 19.7 Å². The van der Waals surface area contributed by atoms with Crippen LogP contribution in [0, 0.1) is 17.0 Å². The van der Waals surface area contributed by atoms with Crippen molar-refractivity contribution in [1.29, 1.82) is 0 Å². The molecule has 0 unspecified atom stereocenters. The van der Waals surface area contributed by atoms with E-state index in [0.29, 0.717) is 61.2 Å². The van der Waals surface area contributed by atoms with Crippen LogP contribution >= 0.6 is 0 Å². The van der Waals surface area contributed by atoms with Crippen molar-refractivity contribution in [3.05, 3.63) is 106 Å². The second kappa shape index (κ2) is 14.9. The number of halogens is 2. The molecule has 0 aliphatic heterocycles. The van der Waals surface area contributed by atoms with Crippen LogP contribution in [-0.4, -0.2) is 67.4 Å². The van der Waals surface area contributed by atoms with Gasteiger partial charge in [0, 0.05) is 41.3 Å². The minimum Gasteiger partial charge on any atom is -0.497 e. The lowest BCUT2D eigenvalue weighted by molar-refractivity contribution is -0.0731. The number of aliphatic hydroxyl groups excluding tert-OH is 1. The first-order valence-electron chi connectivity index (χ1n) is 16.9. The van der Waals surface area contributed by atoms with Gasteiger partial charge in [-0.2, -0.15) is 4.31 Å². The highest BCUT2D eigenvalue weighted by Crippen LogP contribution is 2.59. The predicted molar refractivity (Wildman–Crippen MR) is 188 cm³/mol. The second-order valence-electron chi connectivity index (χ2n) is 14.1. The summed E-state index contributed by atoms with van der Waals surface area (Å²) < 4.78 is 67.1. The zero-order chi connectivity index (χ0) is 36.4. The molecule has 11 heteroatoms. The molecular weight excluding hydrogens is 664 g/mol. The molecular formula is C39H47F2NO7S. The van der Waals surface area contributed by atoms with Crippen LogP contribution in [0.15, 0.2) is 66.2 Å². The standard InChI is InChI=1S/C39H47F2NO7S/c1-25-7-6-17-38(2)33(16-18-39(38,45)24-42(50(5,46)47)23-28-10-13-30(48-3)22-36(28)49-4)31-14-9-26(19-29(43)12-8-25)20-32(31)37(44)27-11-15-34(40)35(41)21-27/h7,9-11,13-15,20-22,29,33,43,45H,6,8,12,16-19,23-24H2,1-5H3/t29-,33-,38-,39+/m0/s1. The summed E-state index contributed by atoms with van der Waals surface area (Å²) in [4.78, 5) is 14.1. The topological polar surface area (TPSA) is 113 Å². The average Bonchev–Trinajstić information content (AvgIpc) is 3.32. The predicted octanol–water partition coefficient (Wildman–Crippen LogP) is 6.71. The highest BCUT2D eigenvalue weighted by molar-refractivity contribution is 7.88. The van der Waals surface area contributed by atoms with Crippen LogP contribution in [0.5, 0.6) is 11.5 Å². The number of ether oxygens (including phenoxy) is 2. The Morgan fingerprint density at radius 3 is 2.44 bits per heavy atom. The Labute approximate surface area is 293 Å². The maximum Gasteiger partial charge on any atom is 0.211 e. The lowest BCUT2D eigenvalue weighted by Crippen LogP contribution is -2.53. The summed E-state index contributed by atoms with van der Waals surface area (Å²) in [6, 6.07) is 13.6. The molecule has 0 amide bonds. The maximum atomic E-state index is 14.3. The molecule has 8 nitrogen and oxygen atoms in total. The van der Waals surface area contributed by atoms with Crippen LogP contribution in [0.3, 0.4) is 0 Å². The van der Waals surface area contributed by atoms with E-state index in [0.717, 1.165) is 29.5 Å². The third-order valence-corrected chi connectivity index (χ3v) is 12.0. The van der Waals surface area contributed by atoms with E-state index in [4.69, 9.17) is 9.47 Å². The van der Waals surface area contributed by atoms with Gasteiger partial charge in [0.2, 0.25) is 10.0 Å². The number of benzene rings is 3. The molecule has 4 atom stereocenters. The quantitative estimate of drug-likeness (QED) is 0.187. The third-order valence-electron chi connectivity index (χ3n) is 10.8. The normalized spacial score (nSPS) is 24.4. The maximum absolute atomic E-state index is 14.3. The number of rotatable bonds is 9. The molecule has 3 aliphatic carbocycles. The number of methoxy groups -OCH3 is 2. The summed E-state index contributed by atoms with van der Waals surface area (Å²) in [7, 11) is -0.817. The van der Waals surface area contributed by atoms with Gasteiger partial charge in [-0.25, -0.2) is 17.2 Å². The molecule has 1 saturated carbocycles. The SMILES string of the molecule is COc1ccc(CN(C[C@]2(O)CC[C@H]3c4ccc(cc4C(=O)c4ccc(F)c(F)c4)C[C@@H](O)CCC(C)=CCC[C@@]32C)S(C)(=O)=O)c(OC)c1. The summed E-state index contributed by atoms with van der Waals surface area (Å²) in [5, 5.41) is 23.6. The van der Waals surface area contributed by atoms with Crippen molar-refractivity contribution in [2.45, 2.75) is 83.0 Å². The van der Waals surface area contributed by atoms with Crippen molar-refractivity contribution >= 4 is 15.8 Å². The lowest BCUT2D eigenvalue weighted by atomic mass is 9.64. The minimum absolute atomic E-state index is 0.0193. The van der Waals surface area contributed by atoms with Gasteiger partial charge >= 0.3 is 0 Å². The van der Waals surface area contributed by atoms with Crippen molar-refractivity contribution in [3.8, 4) is 11.5 Å². The smallest absolute Gasteiger partial charge is 0.211 e. The Bertz CT molecular complexity index is 1880. The second-order valence-corrected chi connectivity index (χ2v) is 16.1. The number of ketones is 1. The van der Waals surface area contributed by atoms with Gasteiger partial charge in [0.05, 0.1) is 32.2 Å². The Kier molecular flexibility index (Phi) is 11.2. The van der Waals surface area contributed by atoms with E-state index in [-0.39, 0.29) is 30.6 Å². The molecule has 50 heavy (non-hydrogen) atoms. The van der Waals surface area contributed by atoms with Gasteiger partial charge in [-0.15, -0.1) is 0 Å². The van der Waals surface area contributed by atoms with E-state index >= 15 is 0 Å². The van der Waals surface area contributed by atoms with Gasteiger partial charge in [-0.3, -0.25) is 4.79 Å². The number of sulfonamides is 1. The van der Waals surface area contributed by atoms with E-state index in [9.17, 15) is 32.2 Å². The number of aliphatic hydroxyl groups is 2. The molecule has 0 spiro atoms. The fourth-order valence-corrected chi connectivity index (χ4v) is 8.57. The first-order valence-corrected chi connectivity index (χ1v) is 18.8. The van der Waals surface area contributed by atoms with E-state index in [1.165, 1.54) is 24.6 Å². The largest absolute Gasteiger partial charge is 0.497 e. The summed E-state index contributed by atoms with van der Waals surface area (Å²) in [6.07, 6.45) is 5.79. The van der Waals surface area contributed by atoms with Crippen molar-refractivity contribution < 1.29 is 41.7 Å². The summed E-state index contributed by atoms with van der Waals surface area (Å²) in [5.74, 6) is -2.09. The molecule has 0 heterocycles. The Morgan fingerprint density at radius 2 is 1.76 bits per heavy atom. The van der Waals surface area contributed by atoms with Crippen molar-refractivity contribution in [1.82, 2.24) is 4.31 Å². The number of hydrogen-bond donors (Lipinski definition) is 2. The molecule has 0 saturated heterocycles. The summed E-state index contributed by atoms with van der Waals surface area (Å²) in [5.41, 5.74) is 0.886. The Morgan fingerprint density at radius 1 is 1.00 bits per heavy atom. The van der Waals surface area contributed by atoms with Crippen LogP contribution < -0.4 is 9.47 Å². The van der Waals surface area contributed by atoms with Crippen LogP contribution in [0.25, 0.3) is 0 Å². The number of fused-ring (bicyclic) bond motifs is 8. The molecule has 3 aromatic rings. The van der Waals surface area contributed by atoms with Crippen LogP contribution in [0.4, 0.5) is 8.78 Å². The van der Waals surface area contributed by atoms with E-state index in [2.05, 4.69) is 6.08 Å². The van der Waals surface area contributed by atoms with Gasteiger partial charge in [-0.1, -0.05) is 36.8 Å². The average molecular weight is 712 g/mol. The van der Waals surface area contributed by atoms with E-state index in [1.807, 2.05) is 26.0 Å². The zero-order valence-corrected chi connectivity index (χ0v) is 30.2. The highest BCUT2D eigenvalue weighted by Gasteiger charge is 2.58. The molecule has 2 bridgehead atoms. The van der Waals surface area contributed by atoms with E-state index in [1.54, 1.807) is 24.3 Å². The summed E-state index contributed by atoms with van der Waals surface area (Å²) >= 11 is 0. The molecule has 6 rings (SSSR count). The van der Waals surface area contributed by atoms with E-state index < -0.39 is 50.5 Å². The van der Waals surface area contributed by atoms with Crippen LogP contribution in [0.1, 0.15) is 90.9 Å². The highest BCUT2D eigenvalue weighted by atomic mass is 32.2. The fourth-order valence-electron chi connectivity index (χ4n) is 7.74. The third kappa shape index (κ3) is 7.81. The van der Waals surface area contributed by atoms with Crippen molar-refractivity contribution in [2.24, 2.45) is 5.41 Å². The van der Waals surface area contributed by atoms with Gasteiger partial charge in [0.25, 0.3) is 0 Å². The molecule has 270 valence electrons. The number of hydrogen-bond acceptors (Lipinski definition) is 7. The number of carbonyl (C=O) groups excluding carboxylic acids is 1. The molecule has 2 N–H and O–H groups in total. The van der Waals surface area contributed by atoms with Crippen LogP contribution in [-0.2, 0) is 23.0 Å². The molecule has 3 aromatic carbocycles. The van der Waals surface area contributed by atoms with Crippen molar-refractivity contribution in [2.75, 3.05) is 27.0 Å². The first kappa shape index (κ1) is 37.6. The zero-order valence-electron chi connectivity index (χ0n) is 29.3. The Balaban J connectivity index is 1.61. The summed E-state index contributed by atoms with van der Waals surface area (Å²) in [6.45, 7) is 3.72. The first-order chi connectivity index (χ1) is 23.6. The minimum atomic E-state index is -3.84. The molecule has 0 radical (unpaired) electrons. The molecule has 3 aliphatic rings. The van der Waals surface area contributed by atoms with Gasteiger partial charge in [0.1, 0.15) is 11.5 Å². The number of carbonyl (C=O) groups is 1. The monoisotopic (exact) mass is 711 g/mol.